The number of anilines is 1. The third-order valence-corrected chi connectivity index (χ3v) is 4.83. The highest BCUT2D eigenvalue weighted by molar-refractivity contribution is 5.90. The number of hydrogen-bond acceptors (Lipinski definition) is 3. The van der Waals surface area contributed by atoms with Crippen molar-refractivity contribution in [1.82, 2.24) is 5.32 Å². The van der Waals surface area contributed by atoms with Gasteiger partial charge in [-0.05, 0) is 49.1 Å². The molecule has 6 heteroatoms. The smallest absolute Gasteiger partial charge is 0.321 e. The molecule has 0 aliphatic heterocycles. The molecule has 142 valence electrons. The minimum atomic E-state index is -0.727. The number of nitrogens with one attached hydrogen (secondary N) is 2. The highest BCUT2D eigenvalue weighted by Gasteiger charge is 2.47. The van der Waals surface area contributed by atoms with Crippen LogP contribution in [0.2, 0.25) is 0 Å². The van der Waals surface area contributed by atoms with E-state index in [1.165, 1.54) is 12.1 Å². The van der Waals surface area contributed by atoms with Crippen LogP contribution < -0.4 is 15.4 Å². The molecule has 2 N–H and O–H groups in total. The predicted molar refractivity (Wildman–Crippen MR) is 101 cm³/mol. The fourth-order valence-corrected chi connectivity index (χ4v) is 3.17. The summed E-state index contributed by atoms with van der Waals surface area (Å²) in [5, 5.41) is 5.43. The Kier molecular flexibility index (Phi) is 5.74. The molecule has 0 unspecified atom stereocenters. The van der Waals surface area contributed by atoms with Crippen LogP contribution in [-0.2, 0) is 10.2 Å². The van der Waals surface area contributed by atoms with Crippen molar-refractivity contribution >= 4 is 17.7 Å². The Morgan fingerprint density at radius 3 is 2.52 bits per heavy atom. The molecule has 0 aromatic heterocycles. The van der Waals surface area contributed by atoms with Crippen molar-refractivity contribution in [3.63, 3.8) is 0 Å². The average Bonchev–Trinajstić information content (AvgIpc) is 2.61. The monoisotopic (exact) mass is 370 g/mol. The molecular formula is C21H23FN2O3. The van der Waals surface area contributed by atoms with E-state index in [4.69, 9.17) is 4.74 Å². The summed E-state index contributed by atoms with van der Waals surface area (Å²) in [4.78, 5) is 24.6. The Bertz CT molecular complexity index is 816. The maximum absolute atomic E-state index is 13.2. The van der Waals surface area contributed by atoms with Gasteiger partial charge in [-0.3, -0.25) is 4.79 Å². The number of esters is 1. The molecule has 1 aliphatic carbocycles. The van der Waals surface area contributed by atoms with E-state index in [1.807, 2.05) is 6.92 Å². The summed E-state index contributed by atoms with van der Waals surface area (Å²) in [6.45, 7) is 2.55. The Balaban J connectivity index is 1.71. The number of halogens is 1. The van der Waals surface area contributed by atoms with E-state index in [0.29, 0.717) is 30.8 Å². The van der Waals surface area contributed by atoms with Crippen LogP contribution in [0.25, 0.3) is 0 Å². The fraction of sp³-hybridized carbons (Fsp3) is 0.333. The minimum Gasteiger partial charge on any atom is -0.426 e. The Hall–Kier alpha value is -2.89. The van der Waals surface area contributed by atoms with Gasteiger partial charge in [0, 0.05) is 18.3 Å². The molecule has 1 saturated carbocycles. The Morgan fingerprint density at radius 2 is 1.89 bits per heavy atom. The minimum absolute atomic E-state index is 0.304. The lowest BCUT2D eigenvalue weighted by Crippen LogP contribution is -2.45. The van der Waals surface area contributed by atoms with Gasteiger partial charge in [-0.25, -0.2) is 9.18 Å². The van der Waals surface area contributed by atoms with Gasteiger partial charge in [0.15, 0.2) is 0 Å². The summed E-state index contributed by atoms with van der Waals surface area (Å²) >= 11 is 0. The van der Waals surface area contributed by atoms with Crippen molar-refractivity contribution in [1.29, 1.82) is 0 Å². The number of urea groups is 1. The highest BCUT2D eigenvalue weighted by atomic mass is 19.1. The standard InChI is InChI=1S/C21H23FN2O3/c1-2-13-23-20(26)24-17-5-3-6-18(14-17)27-19(25)21(11-4-12-21)15-7-9-16(22)10-8-15/h3,5-10,14H,2,4,11-13H2,1H3,(H2,23,24,26). The maximum Gasteiger partial charge on any atom is 0.321 e. The van der Waals surface area contributed by atoms with Crippen molar-refractivity contribution in [2.75, 3.05) is 11.9 Å². The molecule has 27 heavy (non-hydrogen) atoms. The van der Waals surface area contributed by atoms with Gasteiger partial charge in [-0.15, -0.1) is 0 Å². The summed E-state index contributed by atoms with van der Waals surface area (Å²) in [6, 6.07) is 12.4. The van der Waals surface area contributed by atoms with Gasteiger partial charge < -0.3 is 15.4 Å². The van der Waals surface area contributed by atoms with E-state index < -0.39 is 5.41 Å². The van der Waals surface area contributed by atoms with Gasteiger partial charge in [-0.2, -0.15) is 0 Å². The van der Waals surface area contributed by atoms with Gasteiger partial charge in [0.25, 0.3) is 0 Å². The molecule has 0 spiro atoms. The molecule has 0 atom stereocenters. The molecule has 0 saturated heterocycles. The number of carbonyl (C=O) groups excluding carboxylic acids is 2. The van der Waals surface area contributed by atoms with Crippen LogP contribution in [0.1, 0.15) is 38.2 Å². The van der Waals surface area contributed by atoms with Crippen LogP contribution in [0, 0.1) is 5.82 Å². The molecule has 3 rings (SSSR count). The number of benzene rings is 2. The second-order valence-corrected chi connectivity index (χ2v) is 6.74. The lowest BCUT2D eigenvalue weighted by molar-refractivity contribution is -0.144. The molecule has 0 bridgehead atoms. The van der Waals surface area contributed by atoms with Crippen molar-refractivity contribution in [3.05, 3.63) is 59.9 Å². The van der Waals surface area contributed by atoms with E-state index in [2.05, 4.69) is 10.6 Å². The van der Waals surface area contributed by atoms with Crippen molar-refractivity contribution in [2.24, 2.45) is 0 Å². The van der Waals surface area contributed by atoms with E-state index in [9.17, 15) is 14.0 Å². The number of ether oxygens (including phenoxy) is 1. The zero-order valence-electron chi connectivity index (χ0n) is 15.3. The number of amides is 2. The Labute approximate surface area is 157 Å². The first-order valence-electron chi connectivity index (χ1n) is 9.17. The molecule has 2 amide bonds. The number of rotatable bonds is 6. The second kappa shape index (κ2) is 8.20. The molecule has 5 nitrogen and oxygen atoms in total. The van der Waals surface area contributed by atoms with Crippen molar-refractivity contribution in [2.45, 2.75) is 38.0 Å². The van der Waals surface area contributed by atoms with Crippen molar-refractivity contribution < 1.29 is 18.7 Å². The van der Waals surface area contributed by atoms with Crippen LogP contribution in [0.4, 0.5) is 14.9 Å². The van der Waals surface area contributed by atoms with Crippen LogP contribution in [0.3, 0.4) is 0 Å². The lowest BCUT2D eigenvalue weighted by atomic mass is 9.64. The van der Waals surface area contributed by atoms with Crippen LogP contribution >= 0.6 is 0 Å². The second-order valence-electron chi connectivity index (χ2n) is 6.74. The molecule has 1 aliphatic rings. The number of hydrogen-bond donors (Lipinski definition) is 2. The molecule has 2 aromatic carbocycles. The summed E-state index contributed by atoms with van der Waals surface area (Å²) in [7, 11) is 0. The van der Waals surface area contributed by atoms with Crippen LogP contribution in [-0.4, -0.2) is 18.5 Å². The first kappa shape index (κ1) is 18.9. The maximum atomic E-state index is 13.2. The molecular weight excluding hydrogens is 347 g/mol. The zero-order chi connectivity index (χ0) is 19.3. The van der Waals surface area contributed by atoms with Crippen LogP contribution in [0.5, 0.6) is 5.75 Å². The van der Waals surface area contributed by atoms with Gasteiger partial charge in [0.05, 0.1) is 5.41 Å². The van der Waals surface area contributed by atoms with E-state index in [0.717, 1.165) is 18.4 Å². The lowest BCUT2D eigenvalue weighted by Gasteiger charge is -2.39. The van der Waals surface area contributed by atoms with Crippen LogP contribution in [0.15, 0.2) is 48.5 Å². The summed E-state index contributed by atoms with van der Waals surface area (Å²) < 4.78 is 18.8. The van der Waals surface area contributed by atoms with Gasteiger partial charge in [-0.1, -0.05) is 31.5 Å². The topological polar surface area (TPSA) is 67.4 Å². The predicted octanol–water partition coefficient (Wildman–Crippen LogP) is 4.38. The van der Waals surface area contributed by atoms with Crippen molar-refractivity contribution in [3.8, 4) is 5.75 Å². The first-order chi connectivity index (χ1) is 13.0. The molecule has 0 heterocycles. The van der Waals surface area contributed by atoms with Gasteiger partial charge >= 0.3 is 12.0 Å². The van der Waals surface area contributed by atoms with Gasteiger partial charge in [0.2, 0.25) is 0 Å². The first-order valence-corrected chi connectivity index (χ1v) is 9.17. The zero-order valence-corrected chi connectivity index (χ0v) is 15.3. The molecule has 2 aromatic rings. The highest BCUT2D eigenvalue weighted by Crippen LogP contribution is 2.45. The quantitative estimate of drug-likeness (QED) is 0.586. The average molecular weight is 370 g/mol. The fourth-order valence-electron chi connectivity index (χ4n) is 3.17. The molecule has 1 fully saturated rings. The largest absolute Gasteiger partial charge is 0.426 e. The normalized spacial score (nSPS) is 14.7. The summed E-state index contributed by atoms with van der Waals surface area (Å²) in [5.41, 5.74) is 0.585. The summed E-state index contributed by atoms with van der Waals surface area (Å²) in [5.74, 6) is -0.323. The van der Waals surface area contributed by atoms with E-state index >= 15 is 0 Å². The molecule has 0 radical (unpaired) electrons. The van der Waals surface area contributed by atoms with E-state index in [-0.39, 0.29) is 17.8 Å². The Morgan fingerprint density at radius 1 is 1.15 bits per heavy atom. The number of carbonyl (C=O) groups is 2. The SMILES string of the molecule is CCCNC(=O)Nc1cccc(OC(=O)C2(c3ccc(F)cc3)CCC2)c1. The van der Waals surface area contributed by atoms with Gasteiger partial charge in [0.1, 0.15) is 11.6 Å². The third-order valence-electron chi connectivity index (χ3n) is 4.83. The third kappa shape index (κ3) is 4.27. The summed E-state index contributed by atoms with van der Waals surface area (Å²) in [6.07, 6.45) is 3.12. The van der Waals surface area contributed by atoms with E-state index in [1.54, 1.807) is 36.4 Å².